The van der Waals surface area contributed by atoms with E-state index in [4.69, 9.17) is 43.7 Å². The number of carbonyl (C=O) groups is 3. The van der Waals surface area contributed by atoms with E-state index in [0.29, 0.717) is 43.5 Å². The summed E-state index contributed by atoms with van der Waals surface area (Å²) >= 11 is 0. The van der Waals surface area contributed by atoms with Gasteiger partial charge in [-0.15, -0.1) is 0 Å². The summed E-state index contributed by atoms with van der Waals surface area (Å²) in [6.45, 7) is 21.8. The van der Waals surface area contributed by atoms with E-state index < -0.39 is 86.4 Å². The molecule has 1 fully saturated rings. The van der Waals surface area contributed by atoms with Gasteiger partial charge in [-0.3, -0.25) is 28.7 Å². The van der Waals surface area contributed by atoms with Crippen LogP contribution in [-0.4, -0.2) is 175 Å². The number of nitrogen functional groups attached to an aromatic ring is 1. The van der Waals surface area contributed by atoms with Gasteiger partial charge in [0.05, 0.1) is 53.7 Å². The van der Waals surface area contributed by atoms with Crippen LogP contribution in [0.5, 0.6) is 5.75 Å². The van der Waals surface area contributed by atoms with E-state index in [1.807, 2.05) is 12.2 Å². The van der Waals surface area contributed by atoms with Crippen molar-refractivity contribution in [2.75, 3.05) is 82.6 Å². The number of aromatic nitrogens is 3. The Bertz CT molecular complexity index is 4750. The first-order valence-corrected chi connectivity index (χ1v) is 48.0. The molecule has 39 heteroatoms. The highest BCUT2D eigenvalue weighted by molar-refractivity contribution is 8.77. The fourth-order valence-corrected chi connectivity index (χ4v) is 20.3. The Morgan fingerprint density at radius 2 is 1.67 bits per heavy atom. The zero-order valence-corrected chi connectivity index (χ0v) is 72.4. The summed E-state index contributed by atoms with van der Waals surface area (Å²) in [5.74, 6) is 4.77. The number of phosphoric acid groups is 3. The molecule has 1 saturated heterocycles. The van der Waals surface area contributed by atoms with Gasteiger partial charge in [0.2, 0.25) is 23.5 Å². The van der Waals surface area contributed by atoms with E-state index in [1.165, 1.54) is 71.7 Å². The molecule has 0 radical (unpaired) electrons. The zero-order chi connectivity index (χ0) is 83.4. The molecule has 0 aliphatic carbocycles. The lowest BCUT2D eigenvalue weighted by Gasteiger charge is -2.30. The van der Waals surface area contributed by atoms with E-state index in [2.05, 4.69) is 155 Å². The number of rotatable bonds is 44. The molecule has 3 amide bonds. The van der Waals surface area contributed by atoms with Gasteiger partial charge < -0.3 is 79.0 Å². The second kappa shape index (κ2) is 42.0. The van der Waals surface area contributed by atoms with Crippen LogP contribution < -0.4 is 36.9 Å². The number of allylic oxidation sites excluding steroid dienone is 6. The molecule has 0 saturated carbocycles. The molecule has 8 atom stereocenters. The van der Waals surface area contributed by atoms with Crippen LogP contribution in [0.2, 0.25) is 0 Å². The monoisotopic (exact) mass is 1740 g/mol. The van der Waals surface area contributed by atoms with Crippen LogP contribution in [0.15, 0.2) is 113 Å². The smallest absolute Gasteiger partial charge is 0.490 e. The van der Waals surface area contributed by atoms with Crippen molar-refractivity contribution in [1.82, 2.24) is 30.5 Å². The number of nitrogens with one attached hydrogen (secondary N) is 4. The number of phosphoric ester groups is 1. The third-order valence-electron chi connectivity index (χ3n) is 18.4. The minimum Gasteiger partial charge on any atom is -0.744 e. The summed E-state index contributed by atoms with van der Waals surface area (Å²) in [5, 5.41) is 8.41. The lowest BCUT2D eigenvalue weighted by Crippen LogP contribution is -2.34. The number of fused-ring (bicyclic) bond motifs is 3. The van der Waals surface area contributed by atoms with Crippen LogP contribution in [-0.2, 0) is 76.3 Å². The molecule has 8 rings (SSSR count). The Labute approximate surface area is 681 Å². The van der Waals surface area contributed by atoms with E-state index in [1.54, 1.807) is 60.4 Å². The first-order valence-electron chi connectivity index (χ1n) is 37.2. The van der Waals surface area contributed by atoms with Crippen LogP contribution in [0.4, 0.5) is 17.3 Å². The molecule has 2 aromatic heterocycles. The molecule has 5 aromatic rings. The molecule has 10 N–H and O–H groups in total. The first-order chi connectivity index (χ1) is 53.7. The highest BCUT2D eigenvalue weighted by Crippen LogP contribution is 2.66. The summed E-state index contributed by atoms with van der Waals surface area (Å²) in [4.78, 5) is 99.2. The maximum absolute atomic E-state index is 13.4. The number of aryl methyl sites for hydroxylation is 1. The number of hydrogen-bond donors (Lipinski definition) is 9. The number of nitrogens with two attached hydrogens (primary N) is 1. The van der Waals surface area contributed by atoms with Crippen molar-refractivity contribution in [1.29, 1.82) is 0 Å². The number of nitrogens with zero attached hydrogens (tertiary/aromatic N) is 4. The Morgan fingerprint density at radius 1 is 0.912 bits per heavy atom. The summed E-state index contributed by atoms with van der Waals surface area (Å²) in [7, 11) is -16.0. The average Bonchev–Trinajstić information content (AvgIpc) is 1.60. The van der Waals surface area contributed by atoms with Crippen molar-refractivity contribution in [3.05, 3.63) is 141 Å². The Morgan fingerprint density at radius 3 is 2.39 bits per heavy atom. The van der Waals surface area contributed by atoms with E-state index >= 15 is 0 Å². The molecule has 0 spiro atoms. The quantitative estimate of drug-likeness (QED) is 0.00256. The van der Waals surface area contributed by atoms with Crippen molar-refractivity contribution >= 4 is 129 Å². The number of hydrogen-bond acceptors (Lipinski definition) is 25. The molecule has 5 heterocycles. The number of aromatic amines is 1. The average molecular weight is 1740 g/mol. The van der Waals surface area contributed by atoms with Gasteiger partial charge in [0.1, 0.15) is 58.8 Å². The summed E-state index contributed by atoms with van der Waals surface area (Å²) in [6, 6.07) is 18.1. The van der Waals surface area contributed by atoms with Gasteiger partial charge in [-0.1, -0.05) is 151 Å². The van der Waals surface area contributed by atoms with Gasteiger partial charge in [-0.05, 0) is 114 Å². The van der Waals surface area contributed by atoms with Gasteiger partial charge >= 0.3 is 23.5 Å². The Hall–Kier alpha value is -6.10. The molecule has 31 nitrogen and oxygen atoms in total. The van der Waals surface area contributed by atoms with Gasteiger partial charge in [0.15, 0.2) is 11.4 Å². The molecule has 3 aromatic carbocycles. The summed E-state index contributed by atoms with van der Waals surface area (Å²) < 4.78 is 120. The van der Waals surface area contributed by atoms with Crippen molar-refractivity contribution in [3.63, 3.8) is 0 Å². The minimum atomic E-state index is -5.82. The molecule has 3 aliphatic heterocycles. The predicted molar refractivity (Wildman–Crippen MR) is 444 cm³/mol. The summed E-state index contributed by atoms with van der Waals surface area (Å²) in [6.07, 6.45) is 17.5. The van der Waals surface area contributed by atoms with Gasteiger partial charge in [-0.25, -0.2) is 22.1 Å². The van der Waals surface area contributed by atoms with Crippen LogP contribution in [0.3, 0.4) is 0 Å². The highest BCUT2D eigenvalue weighted by atomic mass is 33.1. The van der Waals surface area contributed by atoms with Crippen LogP contribution in [0.25, 0.3) is 11.0 Å². The highest BCUT2D eigenvalue weighted by Gasteiger charge is 2.47. The molecule has 626 valence electrons. The molecule has 5 unspecified atom stereocenters. The molecular weight excluding hydrogens is 1630 g/mol. The van der Waals surface area contributed by atoms with Crippen LogP contribution in [0.1, 0.15) is 165 Å². The molecule has 114 heavy (non-hydrogen) atoms. The fourth-order valence-electron chi connectivity index (χ4n) is 13.2. The van der Waals surface area contributed by atoms with Crippen LogP contribution in [0, 0.1) is 18.8 Å². The first kappa shape index (κ1) is 93.4. The molecule has 3 aliphatic rings. The lowest BCUT2D eigenvalue weighted by atomic mass is 9.77. The van der Waals surface area contributed by atoms with Crippen molar-refractivity contribution < 1.29 is 102 Å². The second-order valence-electron chi connectivity index (χ2n) is 28.9. The number of benzene rings is 3. The van der Waals surface area contributed by atoms with Crippen LogP contribution >= 0.6 is 66.6 Å². The number of carbonyl (C=O) groups excluding carboxylic acids is 3. The number of H-pyrrole nitrogens is 1. The van der Waals surface area contributed by atoms with Gasteiger partial charge in [0.25, 0.3) is 11.5 Å². The second-order valence-corrected chi connectivity index (χ2v) is 40.6. The van der Waals surface area contributed by atoms with E-state index in [9.17, 15) is 55.6 Å². The maximum Gasteiger partial charge on any atom is 0.490 e. The SMILES string of the molecule is CCCCN1\C(=C/C=C/C=C/C2=[N+](CCCC)c3ccc(C)cc3C2(C)C)C(C)(CCCCCC(=O)NCCNC(=O)c2cccc(OCC(OCCOCC(=O)NCC#Cc3cn([C@H]4CC(O[C@@H](C)SSC)[C@@H](COP(=O)(O)OP(=O)(O)OP(=O)(O)O)O4)c4nc(N)[nH]c(=O)c34)SSC(C)(C)C)c2)c2cc(S(=O)(=O)[O-])ccc21. The predicted octanol–water partition coefficient (Wildman–Crippen LogP) is 12.2. The lowest BCUT2D eigenvalue weighted by molar-refractivity contribution is -0.438. The Kier molecular flexibility index (Phi) is 34.4. The largest absolute Gasteiger partial charge is 0.744 e. The third kappa shape index (κ3) is 27.2. The summed E-state index contributed by atoms with van der Waals surface area (Å²) in [5.41, 5.74) is 11.7. The van der Waals surface area contributed by atoms with E-state index in [0.717, 1.165) is 49.2 Å². The number of unbranched alkanes of at least 4 members (excludes halogenated alkanes) is 4. The third-order valence-corrected chi connectivity index (χ3v) is 28.5. The van der Waals surface area contributed by atoms with Gasteiger partial charge in [0, 0.05) is 89.9 Å². The zero-order valence-electron chi connectivity index (χ0n) is 65.7. The fraction of sp³-hybridized carbons (Fsp3) is 0.520. The molecular formula is C75H104N9O22P3S5. The minimum absolute atomic E-state index is 0.000377. The van der Waals surface area contributed by atoms with Crippen molar-refractivity contribution in [2.45, 2.75) is 183 Å². The van der Waals surface area contributed by atoms with Gasteiger partial charge in [-0.2, -0.15) is 18.2 Å². The van der Waals surface area contributed by atoms with Crippen molar-refractivity contribution in [3.8, 4) is 17.6 Å². The Balaban J connectivity index is 0.780. The normalized spacial score (nSPS) is 19.6. The van der Waals surface area contributed by atoms with Crippen molar-refractivity contribution in [2.24, 2.45) is 0 Å². The number of amides is 3. The van der Waals surface area contributed by atoms with E-state index in [-0.39, 0.29) is 108 Å². The topological polar surface area (TPSA) is 433 Å². The maximum atomic E-state index is 13.4. The number of anilines is 2. The number of ether oxygens (including phenoxy) is 5. The molecule has 0 bridgehead atoms. The standard InChI is InChI=1S/C75H104N9O22P3S5/c1-12-14-38-82-58-32-30-50(3)42-56(58)74(8,9)62(82)27-18-16-19-28-63-75(10,57-44-55(114(96,97)98)31-33-59(57)83(63)39-15-13-2)34-21-17-20-29-64(85)78-36-37-79-70(87)52-24-22-26-54(43-52)101-49-67(112-113-73(5,6)7)100-41-40-99-48-65(86)77-35-23-25-53-46-84(69-68(53)71(88)81-72(76)80-69)66-45-60(103-51(4)111-110-11)61(104-66)47-102-108(92,93)106-109(94,95)105-107(89,90)91/h16,18-19,22,24,26-28,30-33,42-44,46,51,60-61,66-67H,12-15,17,20-21,29,34-41,45,47-49H2,1-11H3,(H10-,76,77,78,79,80,81,85,86,87,88,89,90,91,92,93,94,95,96,97,98)/t51-,60?,61-,66-,67?,75?/m1/s1.